The Morgan fingerprint density at radius 3 is 2.36 bits per heavy atom. The number of oxazole rings is 1. The summed E-state index contributed by atoms with van der Waals surface area (Å²) in [5.41, 5.74) is 2.97. The van der Waals surface area contributed by atoms with Gasteiger partial charge in [0, 0.05) is 39.4 Å². The molecule has 5 atom stereocenters. The first-order valence-corrected chi connectivity index (χ1v) is 11.4. The van der Waals surface area contributed by atoms with Crippen LogP contribution >= 0.6 is 0 Å². The summed E-state index contributed by atoms with van der Waals surface area (Å²) in [7, 11) is 4.97. The summed E-state index contributed by atoms with van der Waals surface area (Å²) >= 11 is 0. The molecule has 1 aliphatic heterocycles. The highest BCUT2D eigenvalue weighted by atomic mass is 16.7. The molecule has 2 aromatic rings. The molecule has 2 heterocycles. The third-order valence-electron chi connectivity index (χ3n) is 6.43. The van der Waals surface area contributed by atoms with Gasteiger partial charge in [-0.15, -0.1) is 0 Å². The van der Waals surface area contributed by atoms with Crippen LogP contribution < -0.4 is 4.74 Å². The molecule has 182 valence electrons. The highest BCUT2D eigenvalue weighted by molar-refractivity contribution is 5.48. The number of aromatic nitrogens is 1. The van der Waals surface area contributed by atoms with Crippen molar-refractivity contribution in [3.8, 4) is 5.75 Å². The topological polar surface area (TPSA) is 72.2 Å². The SMILES string of the molecule is COc1ccc(CO[C@H]2[C@@H](C)[C@@H](CC(OC)OC)O[C@@H](/C(C)=C/c3coc(C)n3)[C@@H]2C)cc1. The van der Waals surface area contributed by atoms with Crippen LogP contribution in [0.3, 0.4) is 0 Å². The fourth-order valence-electron chi connectivity index (χ4n) is 4.55. The van der Waals surface area contributed by atoms with Crippen molar-refractivity contribution in [3.05, 3.63) is 53.2 Å². The van der Waals surface area contributed by atoms with Crippen molar-refractivity contribution in [2.45, 2.75) is 65.3 Å². The monoisotopic (exact) mass is 459 g/mol. The number of aryl methyl sites for hydroxylation is 1. The van der Waals surface area contributed by atoms with E-state index in [2.05, 4.69) is 25.8 Å². The van der Waals surface area contributed by atoms with E-state index in [0.717, 1.165) is 22.6 Å². The van der Waals surface area contributed by atoms with Crippen molar-refractivity contribution in [1.29, 1.82) is 0 Å². The van der Waals surface area contributed by atoms with Crippen LogP contribution in [-0.4, -0.2) is 50.9 Å². The Balaban J connectivity index is 1.80. The largest absolute Gasteiger partial charge is 0.497 e. The molecule has 0 unspecified atom stereocenters. The van der Waals surface area contributed by atoms with Crippen LogP contribution in [0.25, 0.3) is 6.08 Å². The van der Waals surface area contributed by atoms with Crippen LogP contribution in [0, 0.1) is 18.8 Å². The predicted octanol–water partition coefficient (Wildman–Crippen LogP) is 5.03. The van der Waals surface area contributed by atoms with Crippen molar-refractivity contribution in [3.63, 3.8) is 0 Å². The number of hydrogen-bond donors (Lipinski definition) is 0. The van der Waals surface area contributed by atoms with Gasteiger partial charge in [-0.25, -0.2) is 4.98 Å². The Labute approximate surface area is 197 Å². The number of rotatable bonds is 10. The summed E-state index contributed by atoms with van der Waals surface area (Å²) in [5, 5.41) is 0. The molecule has 0 saturated carbocycles. The van der Waals surface area contributed by atoms with Gasteiger partial charge in [0.1, 0.15) is 17.7 Å². The maximum Gasteiger partial charge on any atom is 0.191 e. The average molecular weight is 460 g/mol. The van der Waals surface area contributed by atoms with E-state index in [9.17, 15) is 0 Å². The molecule has 33 heavy (non-hydrogen) atoms. The van der Waals surface area contributed by atoms with Gasteiger partial charge in [-0.1, -0.05) is 26.0 Å². The predicted molar refractivity (Wildman–Crippen MR) is 126 cm³/mol. The number of hydrogen-bond acceptors (Lipinski definition) is 7. The summed E-state index contributed by atoms with van der Waals surface area (Å²) in [6.07, 6.45) is 3.75. The van der Waals surface area contributed by atoms with Crippen molar-refractivity contribution in [2.75, 3.05) is 21.3 Å². The second kappa shape index (κ2) is 11.8. The van der Waals surface area contributed by atoms with Crippen molar-refractivity contribution in [1.82, 2.24) is 4.98 Å². The molecule has 1 aromatic heterocycles. The molecular weight excluding hydrogens is 422 g/mol. The molecule has 1 aliphatic rings. The fourth-order valence-corrected chi connectivity index (χ4v) is 4.55. The van der Waals surface area contributed by atoms with E-state index in [1.165, 1.54) is 0 Å². The van der Waals surface area contributed by atoms with Gasteiger partial charge in [-0.05, 0) is 36.3 Å². The van der Waals surface area contributed by atoms with Gasteiger partial charge in [-0.3, -0.25) is 0 Å². The summed E-state index contributed by atoms with van der Waals surface area (Å²) < 4.78 is 34.7. The quantitative estimate of drug-likeness (QED) is 0.462. The lowest BCUT2D eigenvalue weighted by atomic mass is 9.79. The molecule has 0 N–H and O–H groups in total. The minimum Gasteiger partial charge on any atom is -0.497 e. The lowest BCUT2D eigenvalue weighted by molar-refractivity contribution is -0.201. The van der Waals surface area contributed by atoms with E-state index < -0.39 is 0 Å². The molecule has 1 saturated heterocycles. The van der Waals surface area contributed by atoms with Gasteiger partial charge < -0.3 is 28.1 Å². The van der Waals surface area contributed by atoms with E-state index in [1.54, 1.807) is 27.6 Å². The minimum absolute atomic E-state index is 0.00684. The first kappa shape index (κ1) is 25.4. The van der Waals surface area contributed by atoms with E-state index in [-0.39, 0.29) is 36.4 Å². The Bertz CT molecular complexity index is 888. The smallest absolute Gasteiger partial charge is 0.191 e. The highest BCUT2D eigenvalue weighted by Gasteiger charge is 2.43. The minimum atomic E-state index is -0.337. The van der Waals surface area contributed by atoms with Crippen LogP contribution in [0.5, 0.6) is 5.75 Å². The molecule has 0 radical (unpaired) electrons. The van der Waals surface area contributed by atoms with Crippen molar-refractivity contribution >= 4 is 6.08 Å². The number of benzene rings is 1. The standard InChI is InChI=1S/C26H37NO6/c1-16(12-21-15-31-19(4)27-21)25-18(3)26(17(2)23(33-25)13-24(29-6)30-7)32-14-20-8-10-22(28-5)11-9-20/h8-12,15,17-18,23-26H,13-14H2,1-7H3/b16-12+/t17-,18-,23+,25-,26-/m0/s1. The van der Waals surface area contributed by atoms with E-state index >= 15 is 0 Å². The summed E-state index contributed by atoms with van der Waals surface area (Å²) in [5.74, 6) is 1.77. The maximum atomic E-state index is 6.62. The summed E-state index contributed by atoms with van der Waals surface area (Å²) in [4.78, 5) is 4.41. The fraction of sp³-hybridized carbons (Fsp3) is 0.577. The lowest BCUT2D eigenvalue weighted by Gasteiger charge is -2.46. The van der Waals surface area contributed by atoms with Gasteiger partial charge in [0.15, 0.2) is 12.2 Å². The van der Waals surface area contributed by atoms with E-state index in [0.29, 0.717) is 18.9 Å². The van der Waals surface area contributed by atoms with Gasteiger partial charge >= 0.3 is 0 Å². The normalized spacial score (nSPS) is 26.1. The van der Waals surface area contributed by atoms with E-state index in [4.69, 9.17) is 28.1 Å². The van der Waals surface area contributed by atoms with Crippen LogP contribution in [-0.2, 0) is 25.6 Å². The van der Waals surface area contributed by atoms with Crippen molar-refractivity contribution in [2.24, 2.45) is 11.8 Å². The molecule has 7 nitrogen and oxygen atoms in total. The molecule has 1 aromatic carbocycles. The zero-order valence-electron chi connectivity index (χ0n) is 20.7. The molecule has 3 rings (SSSR count). The lowest BCUT2D eigenvalue weighted by Crippen LogP contribution is -2.51. The third kappa shape index (κ3) is 6.44. The maximum absolute atomic E-state index is 6.62. The zero-order valence-corrected chi connectivity index (χ0v) is 20.7. The van der Waals surface area contributed by atoms with E-state index in [1.807, 2.05) is 37.3 Å². The third-order valence-corrected chi connectivity index (χ3v) is 6.43. The summed E-state index contributed by atoms with van der Waals surface area (Å²) in [6.45, 7) is 8.79. The Morgan fingerprint density at radius 1 is 1.09 bits per heavy atom. The van der Waals surface area contributed by atoms with Crippen molar-refractivity contribution < 1.29 is 28.1 Å². The van der Waals surface area contributed by atoms with Crippen LogP contribution in [0.1, 0.15) is 44.3 Å². The molecule has 0 amide bonds. The summed E-state index contributed by atoms with van der Waals surface area (Å²) in [6, 6.07) is 7.98. The zero-order chi connectivity index (χ0) is 24.0. The Morgan fingerprint density at radius 2 is 1.79 bits per heavy atom. The van der Waals surface area contributed by atoms with Gasteiger partial charge in [0.25, 0.3) is 0 Å². The second-order valence-corrected chi connectivity index (χ2v) is 8.75. The first-order chi connectivity index (χ1) is 15.9. The Kier molecular flexibility index (Phi) is 9.09. The Hall–Kier alpha value is -2.19. The molecule has 0 aliphatic carbocycles. The number of methoxy groups -OCH3 is 3. The first-order valence-electron chi connectivity index (χ1n) is 11.4. The van der Waals surface area contributed by atoms with Crippen LogP contribution in [0.2, 0.25) is 0 Å². The second-order valence-electron chi connectivity index (χ2n) is 8.75. The number of ether oxygens (including phenoxy) is 5. The van der Waals surface area contributed by atoms with Gasteiger partial charge in [-0.2, -0.15) is 0 Å². The van der Waals surface area contributed by atoms with Gasteiger partial charge in [0.05, 0.1) is 32.0 Å². The van der Waals surface area contributed by atoms with Crippen LogP contribution in [0.15, 0.2) is 40.5 Å². The molecule has 7 heteroatoms. The molecular formula is C26H37NO6. The molecule has 0 spiro atoms. The molecule has 1 fully saturated rings. The average Bonchev–Trinajstić information content (AvgIpc) is 3.23. The highest BCUT2D eigenvalue weighted by Crippen LogP contribution is 2.38. The van der Waals surface area contributed by atoms with Gasteiger partial charge in [0.2, 0.25) is 0 Å². The number of nitrogens with zero attached hydrogens (tertiary/aromatic N) is 1. The van der Waals surface area contributed by atoms with Crippen LogP contribution in [0.4, 0.5) is 0 Å². The molecule has 0 bridgehead atoms.